The maximum Gasteiger partial charge on any atom is 1.00 e. The van der Waals surface area contributed by atoms with Crippen LogP contribution < -0.4 is 39.4 Å². The van der Waals surface area contributed by atoms with Crippen LogP contribution in [-0.2, 0) is 10.4 Å². The minimum atomic E-state index is -1.99. The molecule has 0 heterocycles. The van der Waals surface area contributed by atoms with E-state index in [0.717, 1.165) is 16.5 Å². The molecule has 2 aromatic carbocycles. The van der Waals surface area contributed by atoms with Crippen molar-refractivity contribution in [2.75, 3.05) is 7.11 Å². The molecule has 0 aliphatic rings. The summed E-state index contributed by atoms with van der Waals surface area (Å²) in [5.41, 5.74) is -1.70. The van der Waals surface area contributed by atoms with Crippen LogP contribution in [0.5, 0.6) is 5.75 Å². The average Bonchev–Trinajstić information content (AvgIpc) is 2.37. The number of aliphatic carboxylic acids is 1. The van der Waals surface area contributed by atoms with E-state index < -0.39 is 11.6 Å². The van der Waals surface area contributed by atoms with Crippen molar-refractivity contribution >= 4 is 16.7 Å². The molecule has 0 saturated heterocycles. The summed E-state index contributed by atoms with van der Waals surface area (Å²) in [6, 6.07) is 10.4. The minimum absolute atomic E-state index is 0. The smallest absolute Gasteiger partial charge is 0.547 e. The van der Waals surface area contributed by atoms with Crippen LogP contribution >= 0.6 is 0 Å². The molecular formula is C14H13NaO4. The predicted octanol–water partition coefficient (Wildman–Crippen LogP) is -2.19. The van der Waals surface area contributed by atoms with Crippen molar-refractivity contribution < 1.29 is 49.3 Å². The summed E-state index contributed by atoms with van der Waals surface area (Å²) in [5, 5.41) is 22.5. The van der Waals surface area contributed by atoms with Gasteiger partial charge in [0.2, 0.25) is 0 Å². The number of carbonyl (C=O) groups excluding carboxylic acids is 1. The Labute approximate surface area is 133 Å². The number of hydrogen-bond acceptors (Lipinski definition) is 4. The number of carboxylic acids is 1. The van der Waals surface area contributed by atoms with Crippen LogP contribution in [0.25, 0.3) is 10.8 Å². The molecule has 0 aliphatic heterocycles. The van der Waals surface area contributed by atoms with Gasteiger partial charge in [0.1, 0.15) is 11.4 Å². The first kappa shape index (κ1) is 16.0. The Morgan fingerprint density at radius 1 is 1.21 bits per heavy atom. The molecule has 2 aromatic rings. The van der Waals surface area contributed by atoms with E-state index in [0.29, 0.717) is 5.56 Å². The van der Waals surface area contributed by atoms with E-state index in [-0.39, 0.29) is 29.6 Å². The number of methoxy groups -OCH3 is 1. The standard InChI is InChI=1S/C14H14O4.Na/c1-14(17,13(15)16)11-5-3-10-8-12(18-2)6-4-9(10)7-11;/h3-8,17H,1-2H3,(H,15,16);/q;+1/p-1. The molecule has 0 saturated carbocycles. The van der Waals surface area contributed by atoms with Gasteiger partial charge in [-0.3, -0.25) is 0 Å². The van der Waals surface area contributed by atoms with E-state index in [1.165, 1.54) is 6.92 Å². The quantitative estimate of drug-likeness (QED) is 0.642. The molecule has 0 fully saturated rings. The Morgan fingerprint density at radius 3 is 2.37 bits per heavy atom. The molecule has 0 radical (unpaired) electrons. The topological polar surface area (TPSA) is 69.6 Å². The van der Waals surface area contributed by atoms with Gasteiger partial charge < -0.3 is 19.7 Å². The van der Waals surface area contributed by atoms with E-state index in [1.54, 1.807) is 31.4 Å². The van der Waals surface area contributed by atoms with Crippen molar-refractivity contribution in [3.05, 3.63) is 42.0 Å². The predicted molar refractivity (Wildman–Crippen MR) is 65.1 cm³/mol. The Balaban J connectivity index is 0.00000180. The third kappa shape index (κ3) is 3.09. The molecule has 94 valence electrons. The van der Waals surface area contributed by atoms with E-state index in [4.69, 9.17) is 4.74 Å². The fourth-order valence-corrected chi connectivity index (χ4v) is 1.77. The molecule has 19 heavy (non-hydrogen) atoms. The molecule has 0 aliphatic carbocycles. The molecule has 0 amide bonds. The summed E-state index contributed by atoms with van der Waals surface area (Å²) in [6.07, 6.45) is 0. The molecule has 0 spiro atoms. The van der Waals surface area contributed by atoms with Crippen LogP contribution in [0.2, 0.25) is 0 Å². The van der Waals surface area contributed by atoms with Gasteiger partial charge >= 0.3 is 29.6 Å². The first-order chi connectivity index (χ1) is 8.45. The van der Waals surface area contributed by atoms with Crippen molar-refractivity contribution in [1.82, 2.24) is 0 Å². The van der Waals surface area contributed by atoms with Crippen molar-refractivity contribution in [2.24, 2.45) is 0 Å². The van der Waals surface area contributed by atoms with Gasteiger partial charge in [-0.15, -0.1) is 0 Å². The third-order valence-electron chi connectivity index (χ3n) is 3.01. The summed E-state index contributed by atoms with van der Waals surface area (Å²) >= 11 is 0. The van der Waals surface area contributed by atoms with E-state index in [1.807, 2.05) is 12.1 Å². The van der Waals surface area contributed by atoms with Gasteiger partial charge in [0, 0.05) is 0 Å². The largest absolute Gasteiger partial charge is 1.00 e. The van der Waals surface area contributed by atoms with Crippen molar-refractivity contribution in [3.63, 3.8) is 0 Å². The maximum atomic E-state index is 10.9. The van der Waals surface area contributed by atoms with Gasteiger partial charge in [0.25, 0.3) is 0 Å². The molecule has 4 nitrogen and oxygen atoms in total. The summed E-state index contributed by atoms with van der Waals surface area (Å²) in [6.45, 7) is 1.20. The monoisotopic (exact) mass is 268 g/mol. The van der Waals surface area contributed by atoms with Crippen molar-refractivity contribution in [2.45, 2.75) is 12.5 Å². The maximum absolute atomic E-state index is 10.9. The summed E-state index contributed by atoms with van der Waals surface area (Å²) in [7, 11) is 1.58. The number of aliphatic hydroxyl groups is 1. The van der Waals surface area contributed by atoms with Crippen molar-refractivity contribution in [1.29, 1.82) is 0 Å². The van der Waals surface area contributed by atoms with Crippen LogP contribution in [0.15, 0.2) is 36.4 Å². The van der Waals surface area contributed by atoms with E-state index in [9.17, 15) is 15.0 Å². The molecule has 5 heteroatoms. The van der Waals surface area contributed by atoms with Gasteiger partial charge in [-0.1, -0.05) is 18.2 Å². The molecule has 1 N–H and O–H groups in total. The number of carboxylic acid groups (broad SMARTS) is 1. The fourth-order valence-electron chi connectivity index (χ4n) is 1.77. The molecule has 0 bridgehead atoms. The van der Waals surface area contributed by atoms with E-state index >= 15 is 0 Å². The van der Waals surface area contributed by atoms with Crippen LogP contribution in [-0.4, -0.2) is 18.2 Å². The van der Waals surface area contributed by atoms with Crippen molar-refractivity contribution in [3.8, 4) is 5.75 Å². The summed E-state index contributed by atoms with van der Waals surface area (Å²) < 4.78 is 5.10. The van der Waals surface area contributed by atoms with E-state index in [2.05, 4.69) is 0 Å². The zero-order chi connectivity index (χ0) is 13.3. The normalized spacial score (nSPS) is 13.4. The number of benzene rings is 2. The Hall–Kier alpha value is -1.07. The zero-order valence-corrected chi connectivity index (χ0v) is 13.1. The van der Waals surface area contributed by atoms with Gasteiger partial charge in [-0.2, -0.15) is 0 Å². The fraction of sp³-hybridized carbons (Fsp3) is 0.214. The molecule has 1 atom stereocenters. The Bertz CT molecular complexity index is 607. The number of hydrogen-bond donors (Lipinski definition) is 1. The number of ether oxygens (including phenoxy) is 1. The van der Waals surface area contributed by atoms with Gasteiger partial charge in [0.05, 0.1) is 13.1 Å². The Morgan fingerprint density at radius 2 is 1.79 bits per heavy atom. The van der Waals surface area contributed by atoms with Gasteiger partial charge in [0.15, 0.2) is 0 Å². The molecule has 1 unspecified atom stereocenters. The second-order valence-corrected chi connectivity index (χ2v) is 4.29. The number of rotatable bonds is 3. The van der Waals surface area contributed by atoms with Crippen LogP contribution in [0.3, 0.4) is 0 Å². The first-order valence-corrected chi connectivity index (χ1v) is 5.47. The minimum Gasteiger partial charge on any atom is -0.547 e. The molecule has 0 aromatic heterocycles. The summed E-state index contributed by atoms with van der Waals surface area (Å²) in [4.78, 5) is 10.9. The Kier molecular flexibility index (Phi) is 4.98. The number of fused-ring (bicyclic) bond motifs is 1. The summed E-state index contributed by atoms with van der Waals surface area (Å²) in [5.74, 6) is -0.794. The molecular weight excluding hydrogens is 255 g/mol. The van der Waals surface area contributed by atoms with Crippen LogP contribution in [0.1, 0.15) is 12.5 Å². The molecule has 2 rings (SSSR count). The second kappa shape index (κ2) is 5.92. The van der Waals surface area contributed by atoms with Gasteiger partial charge in [-0.25, -0.2) is 0 Å². The van der Waals surface area contributed by atoms with Crippen LogP contribution in [0.4, 0.5) is 0 Å². The van der Waals surface area contributed by atoms with Crippen LogP contribution in [0, 0.1) is 0 Å². The zero-order valence-electron chi connectivity index (χ0n) is 11.1. The average molecular weight is 268 g/mol. The SMILES string of the molecule is COc1ccc2cc(C(C)(O)C(=O)[O-])ccc2c1.[Na+]. The number of carbonyl (C=O) groups is 1. The van der Waals surface area contributed by atoms with Gasteiger partial charge in [-0.05, 0) is 41.5 Å². The first-order valence-electron chi connectivity index (χ1n) is 5.47. The second-order valence-electron chi connectivity index (χ2n) is 4.29. The third-order valence-corrected chi connectivity index (χ3v) is 3.01.